The standard InChI is InChI=1S/C23H26N2O2/c1-23(2)15-19(12-13-27-23)24-22(26)21-14-18-10-6-7-11-20(18)25(21)16-17-8-4-3-5-9-17/h3-11,14,19H,12-13,15-16H2,1-2H3,(H,24,26). The zero-order chi connectivity index (χ0) is 18.9. The van der Waals surface area contributed by atoms with Crippen LogP contribution in [0, 0.1) is 0 Å². The fourth-order valence-corrected chi connectivity index (χ4v) is 3.95. The summed E-state index contributed by atoms with van der Waals surface area (Å²) in [4.78, 5) is 13.1. The van der Waals surface area contributed by atoms with E-state index < -0.39 is 0 Å². The second-order valence-corrected chi connectivity index (χ2v) is 7.93. The van der Waals surface area contributed by atoms with E-state index in [1.807, 2.05) is 36.4 Å². The number of benzene rings is 2. The second kappa shape index (κ2) is 7.20. The van der Waals surface area contributed by atoms with Crippen LogP contribution in [0.5, 0.6) is 0 Å². The van der Waals surface area contributed by atoms with Gasteiger partial charge >= 0.3 is 0 Å². The maximum absolute atomic E-state index is 13.1. The highest BCUT2D eigenvalue weighted by Gasteiger charge is 2.30. The third-order valence-corrected chi connectivity index (χ3v) is 5.26. The Morgan fingerprint density at radius 3 is 2.67 bits per heavy atom. The molecule has 0 aliphatic carbocycles. The molecule has 1 unspecified atom stereocenters. The van der Waals surface area contributed by atoms with Crippen molar-refractivity contribution in [2.45, 2.75) is 44.9 Å². The Kier molecular flexibility index (Phi) is 4.75. The van der Waals surface area contributed by atoms with E-state index in [1.165, 1.54) is 5.56 Å². The van der Waals surface area contributed by atoms with Crippen molar-refractivity contribution in [2.75, 3.05) is 6.61 Å². The van der Waals surface area contributed by atoms with Crippen molar-refractivity contribution >= 4 is 16.8 Å². The summed E-state index contributed by atoms with van der Waals surface area (Å²) in [5.74, 6) is -0.00942. The lowest BCUT2D eigenvalue weighted by Crippen LogP contribution is -2.46. The van der Waals surface area contributed by atoms with Gasteiger partial charge in [0.1, 0.15) is 5.69 Å². The maximum atomic E-state index is 13.1. The molecule has 1 N–H and O–H groups in total. The number of para-hydroxylation sites is 1. The SMILES string of the molecule is CC1(C)CC(NC(=O)c2cc3ccccc3n2Cc2ccccc2)CCO1. The Labute approximate surface area is 160 Å². The summed E-state index contributed by atoms with van der Waals surface area (Å²) in [7, 11) is 0. The quantitative estimate of drug-likeness (QED) is 0.749. The molecule has 2 aromatic carbocycles. The zero-order valence-corrected chi connectivity index (χ0v) is 15.9. The molecule has 1 amide bonds. The first kappa shape index (κ1) is 17.8. The second-order valence-electron chi connectivity index (χ2n) is 7.93. The van der Waals surface area contributed by atoms with Crippen molar-refractivity contribution in [3.05, 3.63) is 71.9 Å². The van der Waals surface area contributed by atoms with Crippen LogP contribution in [0.2, 0.25) is 0 Å². The van der Waals surface area contributed by atoms with Crippen molar-refractivity contribution in [3.63, 3.8) is 0 Å². The summed E-state index contributed by atoms with van der Waals surface area (Å²) in [5, 5.41) is 4.33. The van der Waals surface area contributed by atoms with Gasteiger partial charge < -0.3 is 14.6 Å². The molecule has 0 radical (unpaired) electrons. The van der Waals surface area contributed by atoms with Crippen LogP contribution in [0.15, 0.2) is 60.7 Å². The Hall–Kier alpha value is -2.59. The van der Waals surface area contributed by atoms with Gasteiger partial charge in [0, 0.05) is 30.1 Å². The van der Waals surface area contributed by atoms with Gasteiger partial charge in [-0.3, -0.25) is 4.79 Å². The average molecular weight is 362 g/mol. The zero-order valence-electron chi connectivity index (χ0n) is 15.9. The van der Waals surface area contributed by atoms with Crippen molar-refractivity contribution in [2.24, 2.45) is 0 Å². The van der Waals surface area contributed by atoms with Crippen LogP contribution < -0.4 is 5.32 Å². The molecular weight excluding hydrogens is 336 g/mol. The molecular formula is C23H26N2O2. The van der Waals surface area contributed by atoms with Gasteiger partial charge in [-0.25, -0.2) is 0 Å². The van der Waals surface area contributed by atoms with Gasteiger partial charge in [-0.1, -0.05) is 48.5 Å². The predicted molar refractivity (Wildman–Crippen MR) is 108 cm³/mol. The molecule has 3 aromatic rings. The van der Waals surface area contributed by atoms with E-state index >= 15 is 0 Å². The summed E-state index contributed by atoms with van der Waals surface area (Å²) in [5.41, 5.74) is 2.79. The van der Waals surface area contributed by atoms with E-state index in [1.54, 1.807) is 0 Å². The number of amides is 1. The topological polar surface area (TPSA) is 43.3 Å². The Morgan fingerprint density at radius 1 is 1.15 bits per heavy atom. The summed E-state index contributed by atoms with van der Waals surface area (Å²) in [6.45, 7) is 5.52. The first-order chi connectivity index (χ1) is 13.0. The van der Waals surface area contributed by atoms with Crippen molar-refractivity contribution in [3.8, 4) is 0 Å². The molecule has 1 aliphatic heterocycles. The molecule has 1 aromatic heterocycles. The number of ether oxygens (including phenoxy) is 1. The summed E-state index contributed by atoms with van der Waals surface area (Å²) >= 11 is 0. The van der Waals surface area contributed by atoms with E-state index in [0.29, 0.717) is 18.8 Å². The molecule has 1 saturated heterocycles. The van der Waals surface area contributed by atoms with E-state index in [-0.39, 0.29) is 17.6 Å². The van der Waals surface area contributed by atoms with Crippen LogP contribution >= 0.6 is 0 Å². The molecule has 1 atom stereocenters. The number of rotatable bonds is 4. The van der Waals surface area contributed by atoms with E-state index in [9.17, 15) is 4.79 Å². The third kappa shape index (κ3) is 3.91. The minimum atomic E-state index is -0.188. The minimum absolute atomic E-state index is 0.00942. The van der Waals surface area contributed by atoms with Crippen molar-refractivity contribution < 1.29 is 9.53 Å². The Morgan fingerprint density at radius 2 is 1.89 bits per heavy atom. The van der Waals surface area contributed by atoms with Gasteiger partial charge in [0.15, 0.2) is 0 Å². The molecule has 140 valence electrons. The largest absolute Gasteiger partial charge is 0.375 e. The summed E-state index contributed by atoms with van der Waals surface area (Å²) in [6, 6.07) is 20.6. The van der Waals surface area contributed by atoms with E-state index in [4.69, 9.17) is 4.74 Å². The Balaban J connectivity index is 1.64. The number of hydrogen-bond acceptors (Lipinski definition) is 2. The van der Waals surface area contributed by atoms with E-state index in [2.05, 4.69) is 48.0 Å². The highest BCUT2D eigenvalue weighted by molar-refractivity contribution is 5.99. The number of hydrogen-bond donors (Lipinski definition) is 1. The Bertz CT molecular complexity index is 943. The average Bonchev–Trinajstić information content (AvgIpc) is 3.01. The molecule has 0 saturated carbocycles. The molecule has 0 bridgehead atoms. The van der Waals surface area contributed by atoms with Crippen LogP contribution in [-0.4, -0.2) is 28.7 Å². The lowest BCUT2D eigenvalue weighted by molar-refractivity contribution is -0.0615. The first-order valence-electron chi connectivity index (χ1n) is 9.59. The van der Waals surface area contributed by atoms with Crippen LogP contribution in [-0.2, 0) is 11.3 Å². The van der Waals surface area contributed by atoms with Gasteiger partial charge in [-0.15, -0.1) is 0 Å². The smallest absolute Gasteiger partial charge is 0.268 e. The predicted octanol–water partition coefficient (Wildman–Crippen LogP) is 4.38. The third-order valence-electron chi connectivity index (χ3n) is 5.26. The monoisotopic (exact) mass is 362 g/mol. The van der Waals surface area contributed by atoms with Crippen molar-refractivity contribution in [1.82, 2.24) is 9.88 Å². The molecule has 2 heterocycles. The number of carbonyl (C=O) groups excluding carboxylic acids is 1. The number of nitrogens with zero attached hydrogens (tertiary/aromatic N) is 1. The molecule has 0 spiro atoms. The van der Waals surface area contributed by atoms with Crippen LogP contribution in [0.1, 0.15) is 42.7 Å². The summed E-state index contributed by atoms with van der Waals surface area (Å²) < 4.78 is 7.89. The van der Waals surface area contributed by atoms with Gasteiger partial charge in [0.2, 0.25) is 0 Å². The highest BCUT2D eigenvalue weighted by Crippen LogP contribution is 2.25. The summed E-state index contributed by atoms with van der Waals surface area (Å²) in [6.07, 6.45) is 1.69. The molecule has 4 heteroatoms. The number of carbonyl (C=O) groups is 1. The van der Waals surface area contributed by atoms with Gasteiger partial charge in [0.05, 0.1) is 5.60 Å². The lowest BCUT2D eigenvalue weighted by Gasteiger charge is -2.35. The first-order valence-corrected chi connectivity index (χ1v) is 9.59. The number of nitrogens with one attached hydrogen (secondary N) is 1. The highest BCUT2D eigenvalue weighted by atomic mass is 16.5. The number of aromatic nitrogens is 1. The normalized spacial score (nSPS) is 19.1. The van der Waals surface area contributed by atoms with Crippen LogP contribution in [0.25, 0.3) is 10.9 Å². The molecule has 1 aliphatic rings. The molecule has 1 fully saturated rings. The van der Waals surface area contributed by atoms with Gasteiger partial charge in [-0.05, 0) is 44.4 Å². The van der Waals surface area contributed by atoms with E-state index in [0.717, 1.165) is 23.7 Å². The number of fused-ring (bicyclic) bond motifs is 1. The molecule has 27 heavy (non-hydrogen) atoms. The van der Waals surface area contributed by atoms with Gasteiger partial charge in [-0.2, -0.15) is 0 Å². The minimum Gasteiger partial charge on any atom is -0.375 e. The molecule has 4 rings (SSSR count). The fraction of sp³-hybridized carbons (Fsp3) is 0.348. The van der Waals surface area contributed by atoms with Crippen LogP contribution in [0.4, 0.5) is 0 Å². The van der Waals surface area contributed by atoms with Crippen molar-refractivity contribution in [1.29, 1.82) is 0 Å². The lowest BCUT2D eigenvalue weighted by atomic mass is 9.94. The molecule has 4 nitrogen and oxygen atoms in total. The van der Waals surface area contributed by atoms with Crippen LogP contribution in [0.3, 0.4) is 0 Å². The fourth-order valence-electron chi connectivity index (χ4n) is 3.95. The maximum Gasteiger partial charge on any atom is 0.268 e. The van der Waals surface area contributed by atoms with Gasteiger partial charge in [0.25, 0.3) is 5.91 Å².